The summed E-state index contributed by atoms with van der Waals surface area (Å²) in [6, 6.07) is 12.7. The van der Waals surface area contributed by atoms with Gasteiger partial charge in [0.15, 0.2) is 11.5 Å². The molecule has 2 fully saturated rings. The third-order valence-corrected chi connectivity index (χ3v) is 11.0. The number of ether oxygens (including phenoxy) is 2. The Morgan fingerprint density at radius 1 is 1.08 bits per heavy atom. The molecule has 0 bridgehead atoms. The summed E-state index contributed by atoms with van der Waals surface area (Å²) in [4.78, 5) is 65.7. The summed E-state index contributed by atoms with van der Waals surface area (Å²) in [6.07, 6.45) is 2.68. The second-order valence-corrected chi connectivity index (χ2v) is 14.3. The van der Waals surface area contributed by atoms with Crippen LogP contribution < -0.4 is 20.1 Å². The Kier molecular flexibility index (Phi) is 10.9. The summed E-state index contributed by atoms with van der Waals surface area (Å²) in [5.74, 6) is 0.354. The molecule has 3 aromatic carbocycles. The fraction of sp³-hybridized carbons (Fsp3) is 0.351. The van der Waals surface area contributed by atoms with Crippen molar-refractivity contribution in [3.63, 3.8) is 0 Å². The summed E-state index contributed by atoms with van der Waals surface area (Å²) >= 11 is 7.37. The lowest BCUT2D eigenvalue weighted by atomic mass is 10.0. The molecule has 4 aromatic rings. The maximum atomic E-state index is 13.7. The predicted octanol–water partition coefficient (Wildman–Crippen LogP) is 4.64. The van der Waals surface area contributed by atoms with Crippen LogP contribution in [0.1, 0.15) is 35.2 Å². The van der Waals surface area contributed by atoms with Crippen molar-refractivity contribution in [2.75, 3.05) is 57.5 Å². The van der Waals surface area contributed by atoms with Gasteiger partial charge in [0, 0.05) is 73.3 Å². The van der Waals surface area contributed by atoms with Gasteiger partial charge in [-0.05, 0) is 54.8 Å². The lowest BCUT2D eigenvalue weighted by molar-refractivity contribution is -0.137. The molecule has 3 aliphatic rings. The third kappa shape index (κ3) is 8.01. The van der Waals surface area contributed by atoms with Gasteiger partial charge in [-0.1, -0.05) is 17.7 Å². The van der Waals surface area contributed by atoms with Gasteiger partial charge in [-0.15, -0.1) is 11.8 Å². The molecular weight excluding hydrogens is 725 g/mol. The van der Waals surface area contributed by atoms with E-state index in [9.17, 15) is 23.6 Å². The maximum absolute atomic E-state index is 13.7. The first-order valence-electron chi connectivity index (χ1n) is 17.3. The predicted molar refractivity (Wildman–Crippen MR) is 197 cm³/mol. The van der Waals surface area contributed by atoms with Crippen LogP contribution in [-0.4, -0.2) is 107 Å². The third-order valence-electron chi connectivity index (χ3n) is 9.59. The second kappa shape index (κ2) is 15.9. The van der Waals surface area contributed by atoms with Crippen LogP contribution in [-0.2, 0) is 20.9 Å². The van der Waals surface area contributed by atoms with Crippen molar-refractivity contribution < 1.29 is 33.0 Å². The summed E-state index contributed by atoms with van der Waals surface area (Å²) in [7, 11) is 1.57. The molecule has 1 unspecified atom stereocenters. The Bertz CT molecular complexity index is 2080. The molecule has 0 spiro atoms. The monoisotopic (exact) mass is 761 g/mol. The van der Waals surface area contributed by atoms with Crippen molar-refractivity contribution in [1.82, 2.24) is 30.0 Å². The minimum Gasteiger partial charge on any atom is -0.493 e. The molecule has 13 nitrogen and oxygen atoms in total. The van der Waals surface area contributed by atoms with Crippen molar-refractivity contribution in [1.29, 1.82) is 0 Å². The molecular formula is C37H37ClFN7O6S. The van der Waals surface area contributed by atoms with E-state index in [1.807, 2.05) is 17.0 Å². The smallest absolute Gasteiger partial charge is 0.255 e. The molecule has 0 radical (unpaired) electrons. The van der Waals surface area contributed by atoms with E-state index in [0.717, 1.165) is 36.5 Å². The molecule has 1 atom stereocenters. The first kappa shape index (κ1) is 36.4. The molecule has 7 rings (SSSR count). The molecule has 4 amide bonds. The van der Waals surface area contributed by atoms with E-state index >= 15 is 0 Å². The first-order valence-corrected chi connectivity index (χ1v) is 18.6. The normalized spacial score (nSPS) is 17.6. The Morgan fingerprint density at radius 3 is 2.68 bits per heavy atom. The standard InChI is InChI=1S/C37H37ClFN7O6S/c1-51-30-18-28-24(35(41-21-40-28)42-22-6-7-27(39)26(38)16-22)17-31(30)52-15-3-10-44-11-13-45(14-12-44)34(48)20-53-32-5-2-4-23-25(32)19-46(37(23)50)29-8-9-33(47)43-36(29)49/h2,4-7,16-18,21,29H,3,8-15,19-20H2,1H3,(H,40,41,42)(H,43,47,49). The number of piperazine rings is 1. The van der Waals surface area contributed by atoms with E-state index in [0.29, 0.717) is 65.6 Å². The van der Waals surface area contributed by atoms with Gasteiger partial charge in [0.05, 0.1) is 30.0 Å². The minimum absolute atomic E-state index is 0.000593. The van der Waals surface area contributed by atoms with Gasteiger partial charge in [0.2, 0.25) is 17.7 Å². The zero-order valence-corrected chi connectivity index (χ0v) is 30.5. The number of nitrogens with zero attached hydrogens (tertiary/aromatic N) is 5. The van der Waals surface area contributed by atoms with E-state index in [1.54, 1.807) is 31.4 Å². The fourth-order valence-corrected chi connectivity index (χ4v) is 7.93. The van der Waals surface area contributed by atoms with E-state index < -0.39 is 17.8 Å². The van der Waals surface area contributed by atoms with Crippen molar-refractivity contribution in [3.8, 4) is 11.5 Å². The minimum atomic E-state index is -0.682. The van der Waals surface area contributed by atoms with Crippen molar-refractivity contribution >= 4 is 69.4 Å². The van der Waals surface area contributed by atoms with E-state index in [4.69, 9.17) is 21.1 Å². The van der Waals surface area contributed by atoms with Crippen molar-refractivity contribution in [2.24, 2.45) is 0 Å². The Morgan fingerprint density at radius 2 is 1.91 bits per heavy atom. The number of anilines is 2. The number of fused-ring (bicyclic) bond motifs is 2. The Labute approximate surface area is 314 Å². The first-order chi connectivity index (χ1) is 25.7. The van der Waals surface area contributed by atoms with Gasteiger partial charge >= 0.3 is 0 Å². The highest BCUT2D eigenvalue weighted by molar-refractivity contribution is 8.00. The second-order valence-electron chi connectivity index (χ2n) is 12.9. The van der Waals surface area contributed by atoms with Crippen LogP contribution in [0.3, 0.4) is 0 Å². The number of amides is 4. The molecule has 16 heteroatoms. The molecule has 0 aliphatic carbocycles. The largest absolute Gasteiger partial charge is 0.493 e. The van der Waals surface area contributed by atoms with Gasteiger partial charge in [0.1, 0.15) is 24.0 Å². The van der Waals surface area contributed by atoms with Gasteiger partial charge in [-0.25, -0.2) is 14.4 Å². The zero-order chi connectivity index (χ0) is 37.1. The number of rotatable bonds is 12. The molecule has 4 heterocycles. The lowest BCUT2D eigenvalue weighted by Crippen LogP contribution is -2.52. The summed E-state index contributed by atoms with van der Waals surface area (Å²) in [5, 5.41) is 6.20. The number of halogens is 2. The van der Waals surface area contributed by atoms with E-state index in [1.165, 1.54) is 35.1 Å². The molecule has 53 heavy (non-hydrogen) atoms. The number of benzene rings is 3. The van der Waals surface area contributed by atoms with Crippen LogP contribution in [0.15, 0.2) is 59.8 Å². The zero-order valence-electron chi connectivity index (χ0n) is 28.9. The molecule has 2 saturated heterocycles. The molecule has 2 N–H and O–H groups in total. The topological polar surface area (TPSA) is 146 Å². The van der Waals surface area contributed by atoms with Crippen LogP contribution in [0.2, 0.25) is 5.02 Å². The lowest BCUT2D eigenvalue weighted by Gasteiger charge is -2.34. The van der Waals surface area contributed by atoms with Gasteiger partial charge in [0.25, 0.3) is 5.91 Å². The number of piperidine rings is 1. The van der Waals surface area contributed by atoms with E-state index in [2.05, 4.69) is 25.5 Å². The van der Waals surface area contributed by atoms with Gasteiger partial charge < -0.3 is 24.6 Å². The summed E-state index contributed by atoms with van der Waals surface area (Å²) in [6.45, 7) is 4.21. The van der Waals surface area contributed by atoms with Gasteiger partial charge in [-0.2, -0.15) is 0 Å². The van der Waals surface area contributed by atoms with Crippen LogP contribution in [0, 0.1) is 5.82 Å². The van der Waals surface area contributed by atoms with Crippen LogP contribution >= 0.6 is 23.4 Å². The average molecular weight is 762 g/mol. The highest BCUT2D eigenvalue weighted by Crippen LogP contribution is 2.36. The summed E-state index contributed by atoms with van der Waals surface area (Å²) < 4.78 is 25.4. The summed E-state index contributed by atoms with van der Waals surface area (Å²) in [5.41, 5.74) is 2.57. The number of methoxy groups -OCH3 is 1. The maximum Gasteiger partial charge on any atom is 0.255 e. The van der Waals surface area contributed by atoms with E-state index in [-0.39, 0.29) is 41.5 Å². The van der Waals surface area contributed by atoms with Crippen molar-refractivity contribution in [3.05, 3.63) is 76.8 Å². The molecule has 276 valence electrons. The molecule has 1 aromatic heterocycles. The number of hydrogen-bond acceptors (Lipinski definition) is 11. The molecule has 0 saturated carbocycles. The number of imide groups is 1. The van der Waals surface area contributed by atoms with Crippen molar-refractivity contribution in [2.45, 2.75) is 36.7 Å². The Balaban J connectivity index is 0.879. The van der Waals surface area contributed by atoms with Gasteiger partial charge in [-0.3, -0.25) is 29.4 Å². The van der Waals surface area contributed by atoms with Crippen LogP contribution in [0.4, 0.5) is 15.9 Å². The van der Waals surface area contributed by atoms with Crippen LogP contribution in [0.25, 0.3) is 10.9 Å². The highest BCUT2D eigenvalue weighted by Gasteiger charge is 2.40. The number of thioether (sulfide) groups is 1. The number of carbonyl (C=O) groups is 4. The van der Waals surface area contributed by atoms with Crippen LogP contribution in [0.5, 0.6) is 11.5 Å². The quantitative estimate of drug-likeness (QED) is 0.118. The number of aromatic nitrogens is 2. The highest BCUT2D eigenvalue weighted by atomic mass is 35.5. The SMILES string of the molecule is COc1cc2ncnc(Nc3ccc(F)c(Cl)c3)c2cc1OCCCN1CCN(C(=O)CSc2cccc3c2CN(C2CCC(=O)NC2=O)C3=O)CC1. The number of hydrogen-bond donors (Lipinski definition) is 2. The number of carbonyl (C=O) groups excluding carboxylic acids is 4. The average Bonchev–Trinajstić information content (AvgIpc) is 3.50. The fourth-order valence-electron chi connectivity index (χ4n) is 6.76. The number of nitrogens with one attached hydrogen (secondary N) is 2. The Hall–Kier alpha value is -4.99. The molecule has 3 aliphatic heterocycles.